The largest absolute Gasteiger partial charge is 0.391 e. The van der Waals surface area contributed by atoms with E-state index in [9.17, 15) is 22.4 Å². The van der Waals surface area contributed by atoms with Crippen LogP contribution in [0.2, 0.25) is 0 Å². The van der Waals surface area contributed by atoms with Crippen LogP contribution in [0.5, 0.6) is 0 Å². The molecule has 1 aromatic carbocycles. The van der Waals surface area contributed by atoms with Gasteiger partial charge in [-0.25, -0.2) is 4.39 Å². The number of nitrogens with one attached hydrogen (secondary N) is 1. The summed E-state index contributed by atoms with van der Waals surface area (Å²) in [7, 11) is 0. The van der Waals surface area contributed by atoms with E-state index in [0.717, 1.165) is 6.07 Å². The van der Waals surface area contributed by atoms with E-state index in [1.54, 1.807) is 0 Å². The fraction of sp³-hybridized carbons (Fsp3) is 0.500. The lowest BCUT2D eigenvalue weighted by atomic mass is 9.85. The van der Waals surface area contributed by atoms with Crippen LogP contribution >= 0.6 is 0 Å². The summed E-state index contributed by atoms with van der Waals surface area (Å²) in [5.41, 5.74) is -0.137. The number of carbonyl (C=O) groups is 1. The Balaban J connectivity index is 2.00. The minimum atomic E-state index is -4.23. The lowest BCUT2D eigenvalue weighted by Gasteiger charge is -2.31. The van der Waals surface area contributed by atoms with Gasteiger partial charge in [0.15, 0.2) is 0 Å². The fourth-order valence-corrected chi connectivity index (χ4v) is 2.53. The van der Waals surface area contributed by atoms with Gasteiger partial charge in [-0.1, -0.05) is 18.6 Å². The number of alkyl halides is 3. The molecule has 0 radical (unpaired) electrons. The van der Waals surface area contributed by atoms with Crippen LogP contribution in [-0.4, -0.2) is 18.1 Å². The van der Waals surface area contributed by atoms with E-state index < -0.39 is 29.9 Å². The van der Waals surface area contributed by atoms with Crippen molar-refractivity contribution >= 4 is 5.91 Å². The van der Waals surface area contributed by atoms with Gasteiger partial charge >= 0.3 is 6.18 Å². The zero-order chi connectivity index (χ0) is 14.8. The molecule has 2 rings (SSSR count). The highest BCUT2D eigenvalue weighted by Crippen LogP contribution is 2.37. The minimum absolute atomic E-state index is 0.0928. The monoisotopic (exact) mass is 289 g/mol. The Bertz CT molecular complexity index is 486. The maximum atomic E-state index is 13.4. The first-order chi connectivity index (χ1) is 9.38. The third-order valence-electron chi connectivity index (χ3n) is 3.59. The number of benzene rings is 1. The third kappa shape index (κ3) is 3.49. The van der Waals surface area contributed by atoms with Crippen LogP contribution in [0.1, 0.15) is 36.0 Å². The standard InChI is InChI=1S/C14H15F4NO/c15-12-7-2-1-6-11(12)13(20)19-10-5-3-4-9(8-10)14(16,17)18/h1-2,6-7,9-10H,3-5,8H2,(H,19,20)/t9-,10+/m0/s1. The van der Waals surface area contributed by atoms with Gasteiger partial charge < -0.3 is 5.32 Å². The Hall–Kier alpha value is -1.59. The van der Waals surface area contributed by atoms with Crippen LogP contribution in [0.25, 0.3) is 0 Å². The second-order valence-corrected chi connectivity index (χ2v) is 5.06. The van der Waals surface area contributed by atoms with Crippen molar-refractivity contribution in [2.75, 3.05) is 0 Å². The molecule has 0 aliphatic heterocycles. The Morgan fingerprint density at radius 2 is 1.90 bits per heavy atom. The van der Waals surface area contributed by atoms with Crippen LogP contribution < -0.4 is 5.32 Å². The van der Waals surface area contributed by atoms with Crippen molar-refractivity contribution < 1.29 is 22.4 Å². The van der Waals surface area contributed by atoms with E-state index in [0.29, 0.717) is 12.8 Å². The SMILES string of the molecule is O=C(N[C@@H]1CCC[C@H](C(F)(F)F)C1)c1ccccc1F. The quantitative estimate of drug-likeness (QED) is 0.827. The topological polar surface area (TPSA) is 29.1 Å². The molecule has 1 saturated carbocycles. The van der Waals surface area contributed by atoms with Crippen molar-refractivity contribution in [1.82, 2.24) is 5.32 Å². The molecule has 6 heteroatoms. The van der Waals surface area contributed by atoms with E-state index in [1.807, 2.05) is 0 Å². The molecule has 1 N–H and O–H groups in total. The molecule has 0 unspecified atom stereocenters. The van der Waals surface area contributed by atoms with Crippen LogP contribution in [0.3, 0.4) is 0 Å². The average molecular weight is 289 g/mol. The number of hydrogen-bond acceptors (Lipinski definition) is 1. The van der Waals surface area contributed by atoms with Crippen molar-refractivity contribution in [3.8, 4) is 0 Å². The number of hydrogen-bond donors (Lipinski definition) is 1. The molecule has 1 fully saturated rings. The van der Waals surface area contributed by atoms with Crippen molar-refractivity contribution in [3.05, 3.63) is 35.6 Å². The molecule has 2 nitrogen and oxygen atoms in total. The molecular formula is C14H15F4NO. The van der Waals surface area contributed by atoms with E-state index in [2.05, 4.69) is 5.32 Å². The molecule has 0 aromatic heterocycles. The second kappa shape index (κ2) is 5.81. The van der Waals surface area contributed by atoms with Crippen LogP contribution in [0.15, 0.2) is 24.3 Å². The van der Waals surface area contributed by atoms with Crippen molar-refractivity contribution in [2.45, 2.75) is 37.9 Å². The third-order valence-corrected chi connectivity index (χ3v) is 3.59. The van der Waals surface area contributed by atoms with Gasteiger partial charge in [0.1, 0.15) is 5.82 Å². The highest BCUT2D eigenvalue weighted by Gasteiger charge is 2.42. The van der Waals surface area contributed by atoms with E-state index in [1.165, 1.54) is 18.2 Å². The summed E-state index contributed by atoms with van der Waals surface area (Å²) in [6, 6.07) is 4.87. The van der Waals surface area contributed by atoms with Gasteiger partial charge in [-0.2, -0.15) is 13.2 Å². The van der Waals surface area contributed by atoms with Crippen LogP contribution in [-0.2, 0) is 0 Å². The Kier molecular flexibility index (Phi) is 4.30. The van der Waals surface area contributed by atoms with E-state index in [-0.39, 0.29) is 18.4 Å². The summed E-state index contributed by atoms with van der Waals surface area (Å²) in [6.45, 7) is 0. The van der Waals surface area contributed by atoms with Gasteiger partial charge in [0, 0.05) is 6.04 Å². The Morgan fingerprint density at radius 1 is 1.20 bits per heavy atom. The number of carbonyl (C=O) groups excluding carboxylic acids is 1. The number of rotatable bonds is 2. The maximum absolute atomic E-state index is 13.4. The van der Waals surface area contributed by atoms with Crippen LogP contribution in [0, 0.1) is 11.7 Å². The summed E-state index contributed by atoms with van der Waals surface area (Å²) >= 11 is 0. The Labute approximate surface area is 114 Å². The summed E-state index contributed by atoms with van der Waals surface area (Å²) in [4.78, 5) is 11.9. The molecular weight excluding hydrogens is 274 g/mol. The number of halogens is 4. The first kappa shape index (κ1) is 14.8. The van der Waals surface area contributed by atoms with Gasteiger partial charge in [0.05, 0.1) is 11.5 Å². The summed E-state index contributed by atoms with van der Waals surface area (Å²) in [6.07, 6.45) is -3.38. The van der Waals surface area contributed by atoms with Gasteiger partial charge in [0.25, 0.3) is 5.91 Å². The molecule has 110 valence electrons. The minimum Gasteiger partial charge on any atom is -0.349 e. The van der Waals surface area contributed by atoms with Crippen molar-refractivity contribution in [1.29, 1.82) is 0 Å². The first-order valence-corrected chi connectivity index (χ1v) is 6.50. The predicted molar refractivity (Wildman–Crippen MR) is 65.7 cm³/mol. The molecule has 1 amide bonds. The molecule has 0 heterocycles. The summed E-state index contributed by atoms with van der Waals surface area (Å²) in [5.74, 6) is -2.72. The first-order valence-electron chi connectivity index (χ1n) is 6.50. The second-order valence-electron chi connectivity index (χ2n) is 5.06. The molecule has 2 atom stereocenters. The van der Waals surface area contributed by atoms with E-state index >= 15 is 0 Å². The number of amides is 1. The van der Waals surface area contributed by atoms with Gasteiger partial charge in [0.2, 0.25) is 0 Å². The van der Waals surface area contributed by atoms with Crippen LogP contribution in [0.4, 0.5) is 17.6 Å². The molecule has 20 heavy (non-hydrogen) atoms. The fourth-order valence-electron chi connectivity index (χ4n) is 2.53. The highest BCUT2D eigenvalue weighted by atomic mass is 19.4. The van der Waals surface area contributed by atoms with Gasteiger partial charge in [-0.15, -0.1) is 0 Å². The van der Waals surface area contributed by atoms with Crippen molar-refractivity contribution in [2.24, 2.45) is 5.92 Å². The molecule has 1 aliphatic carbocycles. The lowest BCUT2D eigenvalue weighted by molar-refractivity contribution is -0.183. The lowest BCUT2D eigenvalue weighted by Crippen LogP contribution is -2.41. The predicted octanol–water partition coefficient (Wildman–Crippen LogP) is 3.68. The normalized spacial score (nSPS) is 23.4. The zero-order valence-corrected chi connectivity index (χ0v) is 10.7. The molecule has 1 aliphatic rings. The molecule has 0 spiro atoms. The maximum Gasteiger partial charge on any atom is 0.391 e. The Morgan fingerprint density at radius 3 is 2.55 bits per heavy atom. The average Bonchev–Trinajstić information content (AvgIpc) is 2.38. The molecule has 1 aromatic rings. The molecule has 0 saturated heterocycles. The summed E-state index contributed by atoms with van der Waals surface area (Å²) < 4.78 is 51.4. The van der Waals surface area contributed by atoms with Gasteiger partial charge in [-0.3, -0.25) is 4.79 Å². The van der Waals surface area contributed by atoms with Crippen molar-refractivity contribution in [3.63, 3.8) is 0 Å². The smallest absolute Gasteiger partial charge is 0.349 e. The van der Waals surface area contributed by atoms with E-state index in [4.69, 9.17) is 0 Å². The van der Waals surface area contributed by atoms with Gasteiger partial charge in [-0.05, 0) is 31.4 Å². The molecule has 0 bridgehead atoms. The zero-order valence-electron chi connectivity index (χ0n) is 10.7. The highest BCUT2D eigenvalue weighted by molar-refractivity contribution is 5.94. The summed E-state index contributed by atoms with van der Waals surface area (Å²) in [5, 5.41) is 2.50.